The molecule has 0 radical (unpaired) electrons. The van der Waals surface area contributed by atoms with Gasteiger partial charge in [-0.15, -0.1) is 0 Å². The standard InChI is InChI=1S/C63H40N2/c1-3-13-40(14-4-1)43-18-9-21-49(35-43)65-61-34-30-47(39-58(61)55-32-27-41-15-5-2-6-22-50(41)63(55)65)46-29-33-60-57(38-46)52-23-7-8-26-59(52)64(60)48-20-10-19-44(36-48)45-28-31-51-53-24-11-16-42-17-12-25-54(62(42)53)56(51)37-45/h1,3-39H,2H2. The third-order valence-electron chi connectivity index (χ3n) is 14.0. The van der Waals surface area contributed by atoms with Crippen LogP contribution in [0.15, 0.2) is 218 Å². The molecule has 0 saturated heterocycles. The lowest BCUT2D eigenvalue weighted by Gasteiger charge is -2.13. The van der Waals surface area contributed by atoms with Crippen molar-refractivity contribution in [1.82, 2.24) is 9.13 Å². The van der Waals surface area contributed by atoms with Gasteiger partial charge >= 0.3 is 0 Å². The van der Waals surface area contributed by atoms with E-state index in [0.29, 0.717) is 0 Å². The Morgan fingerprint density at radius 2 is 0.908 bits per heavy atom. The topological polar surface area (TPSA) is 9.86 Å². The fourth-order valence-corrected chi connectivity index (χ4v) is 11.1. The van der Waals surface area contributed by atoms with E-state index in [0.717, 1.165) is 17.8 Å². The number of fused-ring (bicyclic) bond motifs is 11. The van der Waals surface area contributed by atoms with Gasteiger partial charge in [-0.25, -0.2) is 0 Å². The number of hydrogen-bond acceptors (Lipinski definition) is 0. The Balaban J connectivity index is 0.902. The predicted octanol–water partition coefficient (Wildman–Crippen LogP) is 17.1. The van der Waals surface area contributed by atoms with Gasteiger partial charge in [0.1, 0.15) is 0 Å². The SMILES string of the molecule is C1=Cc2ccc3c4cc(-c5ccc6c(c5)c5ccccc5n6-c5cccc(-c6ccc7c(c6)-c6cccc8cccc-7c68)c5)ccc4n(-c4cccc(-c5ccccc5)c4)c3c2C=CC1. The molecule has 2 heterocycles. The molecule has 0 bridgehead atoms. The van der Waals surface area contributed by atoms with Crippen molar-refractivity contribution in [2.75, 3.05) is 0 Å². The van der Waals surface area contributed by atoms with Crippen LogP contribution in [0.25, 0.3) is 134 Å². The second-order valence-electron chi connectivity index (χ2n) is 17.6. The molecule has 2 nitrogen and oxygen atoms in total. The summed E-state index contributed by atoms with van der Waals surface area (Å²) in [6, 6.07) is 76.6. The molecule has 0 saturated carbocycles. The summed E-state index contributed by atoms with van der Waals surface area (Å²) in [6.07, 6.45) is 10.1. The lowest BCUT2D eigenvalue weighted by molar-refractivity contribution is 1.18. The fraction of sp³-hybridized carbons (Fsp3) is 0.0159. The molecular weight excluding hydrogens is 785 g/mol. The second kappa shape index (κ2) is 14.0. The minimum Gasteiger partial charge on any atom is -0.309 e. The summed E-state index contributed by atoms with van der Waals surface area (Å²) in [5, 5.41) is 7.66. The molecule has 2 aromatic heterocycles. The van der Waals surface area contributed by atoms with Gasteiger partial charge in [-0.2, -0.15) is 0 Å². The van der Waals surface area contributed by atoms with Crippen LogP contribution in [0.4, 0.5) is 0 Å². The average Bonchev–Trinajstić information content (AvgIpc) is 3.92. The van der Waals surface area contributed by atoms with E-state index < -0.39 is 0 Å². The zero-order valence-electron chi connectivity index (χ0n) is 35.5. The maximum atomic E-state index is 2.48. The highest BCUT2D eigenvalue weighted by atomic mass is 15.0. The maximum absolute atomic E-state index is 2.48. The molecule has 14 rings (SSSR count). The summed E-state index contributed by atoms with van der Waals surface area (Å²) in [4.78, 5) is 0. The molecule has 0 fully saturated rings. The van der Waals surface area contributed by atoms with E-state index in [-0.39, 0.29) is 0 Å². The Labute approximate surface area is 376 Å². The van der Waals surface area contributed by atoms with Crippen molar-refractivity contribution >= 4 is 66.5 Å². The van der Waals surface area contributed by atoms with Gasteiger partial charge in [-0.3, -0.25) is 0 Å². The Hall–Kier alpha value is -8.46. The molecule has 2 aliphatic rings. The molecule has 0 amide bonds. The zero-order chi connectivity index (χ0) is 42.6. The minimum absolute atomic E-state index is 0.927. The molecule has 2 aliphatic carbocycles. The van der Waals surface area contributed by atoms with E-state index >= 15 is 0 Å². The van der Waals surface area contributed by atoms with Crippen LogP contribution in [-0.2, 0) is 0 Å². The van der Waals surface area contributed by atoms with E-state index in [4.69, 9.17) is 0 Å². The first kappa shape index (κ1) is 36.1. The first-order chi connectivity index (χ1) is 32.2. The van der Waals surface area contributed by atoms with Crippen LogP contribution >= 0.6 is 0 Å². The summed E-state index contributed by atoms with van der Waals surface area (Å²) in [7, 11) is 0. The van der Waals surface area contributed by atoms with Crippen LogP contribution in [0, 0.1) is 0 Å². The van der Waals surface area contributed by atoms with Gasteiger partial charge in [-0.1, -0.05) is 170 Å². The molecule has 0 spiro atoms. The largest absolute Gasteiger partial charge is 0.309 e. The van der Waals surface area contributed by atoms with Crippen molar-refractivity contribution < 1.29 is 0 Å². The second-order valence-corrected chi connectivity index (χ2v) is 17.6. The summed E-state index contributed by atoms with van der Waals surface area (Å²) in [6.45, 7) is 0. The van der Waals surface area contributed by atoms with Gasteiger partial charge in [0.15, 0.2) is 0 Å². The summed E-state index contributed by atoms with van der Waals surface area (Å²) in [5.74, 6) is 0. The van der Waals surface area contributed by atoms with Crippen LogP contribution in [0.1, 0.15) is 17.5 Å². The van der Waals surface area contributed by atoms with Crippen molar-refractivity contribution in [2.24, 2.45) is 0 Å². The fourth-order valence-electron chi connectivity index (χ4n) is 11.1. The van der Waals surface area contributed by atoms with Gasteiger partial charge in [0.2, 0.25) is 0 Å². The van der Waals surface area contributed by atoms with Crippen molar-refractivity contribution in [2.45, 2.75) is 6.42 Å². The van der Waals surface area contributed by atoms with Crippen molar-refractivity contribution in [3.63, 3.8) is 0 Å². The maximum Gasteiger partial charge on any atom is 0.0619 e. The van der Waals surface area contributed by atoms with Gasteiger partial charge < -0.3 is 9.13 Å². The number of aromatic nitrogens is 2. The number of nitrogens with zero attached hydrogens (tertiary/aromatic N) is 2. The number of hydrogen-bond donors (Lipinski definition) is 0. The molecular formula is C63H40N2. The van der Waals surface area contributed by atoms with Crippen LogP contribution in [0.2, 0.25) is 0 Å². The van der Waals surface area contributed by atoms with Crippen molar-refractivity contribution in [3.8, 4) is 67.0 Å². The number of benzene rings is 10. The summed E-state index contributed by atoms with van der Waals surface area (Å²) in [5.41, 5.74) is 22.2. The zero-order valence-corrected chi connectivity index (χ0v) is 35.5. The normalized spacial score (nSPS) is 12.7. The van der Waals surface area contributed by atoms with Gasteiger partial charge in [0.25, 0.3) is 0 Å². The summed E-state index contributed by atoms with van der Waals surface area (Å²) < 4.78 is 4.92. The first-order valence-electron chi connectivity index (χ1n) is 22.6. The van der Waals surface area contributed by atoms with Crippen LogP contribution < -0.4 is 0 Å². The number of para-hydroxylation sites is 1. The van der Waals surface area contributed by atoms with Crippen molar-refractivity contribution in [3.05, 3.63) is 230 Å². The van der Waals surface area contributed by atoms with E-state index in [1.807, 2.05) is 0 Å². The van der Waals surface area contributed by atoms with E-state index in [2.05, 4.69) is 240 Å². The molecule has 0 aliphatic heterocycles. The Kier molecular flexibility index (Phi) is 7.78. The van der Waals surface area contributed by atoms with E-state index in [9.17, 15) is 0 Å². The molecule has 2 heteroatoms. The third-order valence-corrected chi connectivity index (χ3v) is 14.0. The van der Waals surface area contributed by atoms with Gasteiger partial charge in [0, 0.05) is 38.5 Å². The van der Waals surface area contributed by atoms with Gasteiger partial charge in [-0.05, 0) is 139 Å². The summed E-state index contributed by atoms with van der Waals surface area (Å²) >= 11 is 0. The van der Waals surface area contributed by atoms with Crippen molar-refractivity contribution in [1.29, 1.82) is 0 Å². The highest BCUT2D eigenvalue weighted by Gasteiger charge is 2.23. The molecule has 302 valence electrons. The average molecular weight is 825 g/mol. The smallest absolute Gasteiger partial charge is 0.0619 e. The van der Waals surface area contributed by atoms with Crippen LogP contribution in [0.5, 0.6) is 0 Å². The third kappa shape index (κ3) is 5.47. The molecule has 65 heavy (non-hydrogen) atoms. The minimum atomic E-state index is 0.927. The lowest BCUT2D eigenvalue weighted by atomic mass is 9.97. The molecule has 0 unspecified atom stereocenters. The number of rotatable bonds is 5. The Bertz CT molecular complexity index is 4020. The predicted molar refractivity (Wildman–Crippen MR) is 276 cm³/mol. The quantitative estimate of drug-likeness (QED) is 0.164. The lowest BCUT2D eigenvalue weighted by Crippen LogP contribution is -1.97. The van der Waals surface area contributed by atoms with E-state index in [1.165, 1.54) is 121 Å². The van der Waals surface area contributed by atoms with Gasteiger partial charge in [0.05, 0.1) is 22.1 Å². The molecule has 10 aromatic carbocycles. The van der Waals surface area contributed by atoms with Crippen LogP contribution in [0.3, 0.4) is 0 Å². The molecule has 12 aromatic rings. The highest BCUT2D eigenvalue weighted by Crippen LogP contribution is 2.48. The monoisotopic (exact) mass is 824 g/mol. The molecule has 0 atom stereocenters. The van der Waals surface area contributed by atoms with Crippen LogP contribution in [-0.4, -0.2) is 9.13 Å². The van der Waals surface area contributed by atoms with E-state index in [1.54, 1.807) is 0 Å². The first-order valence-corrected chi connectivity index (χ1v) is 22.6. The highest BCUT2D eigenvalue weighted by molar-refractivity contribution is 6.17. The number of allylic oxidation sites excluding steroid dienone is 2. The Morgan fingerprint density at radius 1 is 0.323 bits per heavy atom. The Morgan fingerprint density at radius 3 is 1.71 bits per heavy atom. The molecule has 0 N–H and O–H groups in total.